The molecule has 1 amide bonds. The highest BCUT2D eigenvalue weighted by Crippen LogP contribution is 2.21. The number of benzene rings is 2. The molecule has 3 nitrogen and oxygen atoms in total. The predicted molar refractivity (Wildman–Crippen MR) is 107 cm³/mol. The van der Waals surface area contributed by atoms with Gasteiger partial charge in [-0.05, 0) is 78.7 Å². The van der Waals surface area contributed by atoms with E-state index in [4.69, 9.17) is 0 Å². The maximum Gasteiger partial charge on any atom is 0.228 e. The maximum absolute atomic E-state index is 12.6. The molecule has 1 saturated heterocycles. The van der Waals surface area contributed by atoms with Crippen molar-refractivity contribution in [1.29, 1.82) is 0 Å². The molecule has 126 valence electrons. The number of hydrogen-bond acceptors (Lipinski definition) is 2. The number of hydrogen-bond donors (Lipinski definition) is 1. The van der Waals surface area contributed by atoms with E-state index in [9.17, 15) is 4.79 Å². The topological polar surface area (TPSA) is 32.3 Å². The van der Waals surface area contributed by atoms with Gasteiger partial charge in [0.1, 0.15) is 0 Å². The average molecular weight is 434 g/mol. The Balaban J connectivity index is 1.57. The monoisotopic (exact) mass is 434 g/mol. The Labute approximate surface area is 157 Å². The van der Waals surface area contributed by atoms with E-state index >= 15 is 0 Å². The number of piperidine rings is 1. The lowest BCUT2D eigenvalue weighted by Crippen LogP contribution is -2.40. The Morgan fingerprint density at radius 3 is 2.58 bits per heavy atom. The van der Waals surface area contributed by atoms with Gasteiger partial charge in [0.25, 0.3) is 0 Å². The second kappa shape index (κ2) is 8.12. The van der Waals surface area contributed by atoms with Gasteiger partial charge < -0.3 is 5.32 Å². The van der Waals surface area contributed by atoms with E-state index in [0.717, 1.165) is 38.2 Å². The van der Waals surface area contributed by atoms with Gasteiger partial charge in [-0.15, -0.1) is 0 Å². The predicted octanol–water partition coefficient (Wildman–Crippen LogP) is 4.45. The third-order valence-corrected chi connectivity index (χ3v) is 5.23. The van der Waals surface area contributed by atoms with Crippen LogP contribution in [0.4, 0.5) is 5.69 Å². The van der Waals surface area contributed by atoms with Gasteiger partial charge in [0.05, 0.1) is 5.92 Å². The summed E-state index contributed by atoms with van der Waals surface area (Å²) < 4.78 is 1.17. The van der Waals surface area contributed by atoms with Crippen LogP contribution in [0.2, 0.25) is 0 Å². The number of amides is 1. The quantitative estimate of drug-likeness (QED) is 0.722. The fourth-order valence-corrected chi connectivity index (χ4v) is 3.50. The summed E-state index contributed by atoms with van der Waals surface area (Å²) in [6, 6.07) is 16.6. The van der Waals surface area contributed by atoms with Crippen molar-refractivity contribution in [1.82, 2.24) is 4.90 Å². The van der Waals surface area contributed by atoms with E-state index in [-0.39, 0.29) is 11.8 Å². The molecule has 1 atom stereocenters. The zero-order valence-electron chi connectivity index (χ0n) is 14.0. The van der Waals surface area contributed by atoms with Gasteiger partial charge in [0.15, 0.2) is 0 Å². The number of nitrogens with zero attached hydrogens (tertiary/aromatic N) is 1. The summed E-state index contributed by atoms with van der Waals surface area (Å²) in [6.45, 7) is 4.94. The highest BCUT2D eigenvalue weighted by molar-refractivity contribution is 14.1. The first-order valence-electron chi connectivity index (χ1n) is 8.44. The summed E-state index contributed by atoms with van der Waals surface area (Å²) in [6.07, 6.45) is 2.05. The summed E-state index contributed by atoms with van der Waals surface area (Å²) in [5.41, 5.74) is 3.49. The molecule has 0 aliphatic carbocycles. The molecule has 1 fully saturated rings. The van der Waals surface area contributed by atoms with E-state index < -0.39 is 0 Å². The second-order valence-electron chi connectivity index (χ2n) is 6.56. The molecule has 1 unspecified atom stereocenters. The number of carbonyl (C=O) groups excluding carboxylic acids is 1. The molecular formula is C20H23IN2O. The average Bonchev–Trinajstić information content (AvgIpc) is 2.59. The Kier molecular flexibility index (Phi) is 5.89. The SMILES string of the molecule is Cc1ccc(CN2CCCC(C(=O)Nc3ccc(I)cc3)C2)cc1. The van der Waals surface area contributed by atoms with Crippen LogP contribution in [-0.4, -0.2) is 23.9 Å². The van der Waals surface area contributed by atoms with Gasteiger partial charge in [-0.1, -0.05) is 29.8 Å². The van der Waals surface area contributed by atoms with E-state index in [2.05, 4.69) is 64.0 Å². The highest BCUT2D eigenvalue weighted by Gasteiger charge is 2.25. The van der Waals surface area contributed by atoms with Crippen LogP contribution in [0, 0.1) is 16.4 Å². The van der Waals surface area contributed by atoms with Gasteiger partial charge in [-0.2, -0.15) is 0 Å². The molecule has 0 spiro atoms. The second-order valence-corrected chi connectivity index (χ2v) is 7.80. The summed E-state index contributed by atoms with van der Waals surface area (Å²) in [5, 5.41) is 3.06. The van der Waals surface area contributed by atoms with Crippen molar-refractivity contribution in [2.75, 3.05) is 18.4 Å². The molecule has 0 aromatic heterocycles. The zero-order chi connectivity index (χ0) is 16.9. The smallest absolute Gasteiger partial charge is 0.228 e. The first-order valence-corrected chi connectivity index (χ1v) is 9.52. The van der Waals surface area contributed by atoms with Crippen molar-refractivity contribution in [3.8, 4) is 0 Å². The van der Waals surface area contributed by atoms with Crippen LogP contribution in [0.3, 0.4) is 0 Å². The third-order valence-electron chi connectivity index (χ3n) is 4.51. The molecule has 4 heteroatoms. The van der Waals surface area contributed by atoms with E-state index in [1.807, 2.05) is 24.3 Å². The largest absolute Gasteiger partial charge is 0.326 e. The molecule has 1 aliphatic heterocycles. The zero-order valence-corrected chi connectivity index (χ0v) is 16.1. The molecule has 2 aromatic carbocycles. The van der Waals surface area contributed by atoms with Crippen molar-refractivity contribution >= 4 is 34.2 Å². The molecule has 0 saturated carbocycles. The number of rotatable bonds is 4. The van der Waals surface area contributed by atoms with Crippen molar-refractivity contribution in [3.05, 3.63) is 63.2 Å². The minimum atomic E-state index is 0.0727. The van der Waals surface area contributed by atoms with Crippen LogP contribution in [0.1, 0.15) is 24.0 Å². The van der Waals surface area contributed by atoms with E-state index in [1.165, 1.54) is 14.7 Å². The molecule has 3 rings (SSSR count). The first-order chi connectivity index (χ1) is 11.6. The van der Waals surface area contributed by atoms with Crippen molar-refractivity contribution in [3.63, 3.8) is 0 Å². The molecule has 24 heavy (non-hydrogen) atoms. The standard InChI is InChI=1S/C20H23IN2O/c1-15-4-6-16(7-5-15)13-23-12-2-3-17(14-23)20(24)22-19-10-8-18(21)9-11-19/h4-11,17H,2-3,12-14H2,1H3,(H,22,24). The van der Waals surface area contributed by atoms with Crippen LogP contribution < -0.4 is 5.32 Å². The summed E-state index contributed by atoms with van der Waals surface area (Å²) in [5.74, 6) is 0.216. The molecule has 1 heterocycles. The molecule has 2 aromatic rings. The third kappa shape index (κ3) is 4.80. The Morgan fingerprint density at radius 2 is 1.88 bits per heavy atom. The number of aryl methyl sites for hydroxylation is 1. The van der Waals surface area contributed by atoms with E-state index in [1.54, 1.807) is 0 Å². The number of anilines is 1. The number of carbonyl (C=O) groups is 1. The molecule has 0 bridgehead atoms. The van der Waals surface area contributed by atoms with Crippen LogP contribution >= 0.6 is 22.6 Å². The Bertz CT molecular complexity index is 682. The molecular weight excluding hydrogens is 411 g/mol. The lowest BCUT2D eigenvalue weighted by molar-refractivity contribution is -0.121. The maximum atomic E-state index is 12.6. The summed E-state index contributed by atoms with van der Waals surface area (Å²) in [4.78, 5) is 15.0. The van der Waals surface area contributed by atoms with Gasteiger partial charge in [-0.25, -0.2) is 0 Å². The summed E-state index contributed by atoms with van der Waals surface area (Å²) >= 11 is 2.27. The number of likely N-dealkylation sites (tertiary alicyclic amines) is 1. The summed E-state index contributed by atoms with van der Waals surface area (Å²) in [7, 11) is 0. The van der Waals surface area contributed by atoms with Gasteiger partial charge in [0, 0.05) is 22.3 Å². The Hall–Kier alpha value is -1.40. The fourth-order valence-electron chi connectivity index (χ4n) is 3.14. The van der Waals surface area contributed by atoms with Gasteiger partial charge in [-0.3, -0.25) is 9.69 Å². The number of halogens is 1. The molecule has 1 aliphatic rings. The van der Waals surface area contributed by atoms with E-state index in [0.29, 0.717) is 0 Å². The van der Waals surface area contributed by atoms with Crippen molar-refractivity contribution < 1.29 is 4.79 Å². The lowest BCUT2D eigenvalue weighted by Gasteiger charge is -2.32. The van der Waals surface area contributed by atoms with Gasteiger partial charge >= 0.3 is 0 Å². The highest BCUT2D eigenvalue weighted by atomic mass is 127. The minimum Gasteiger partial charge on any atom is -0.326 e. The lowest BCUT2D eigenvalue weighted by atomic mass is 9.96. The first kappa shape index (κ1) is 17.4. The molecule has 1 N–H and O–H groups in total. The fraction of sp³-hybridized carbons (Fsp3) is 0.350. The van der Waals surface area contributed by atoms with Gasteiger partial charge in [0.2, 0.25) is 5.91 Å². The van der Waals surface area contributed by atoms with Crippen LogP contribution in [0.5, 0.6) is 0 Å². The Morgan fingerprint density at radius 1 is 1.17 bits per heavy atom. The normalized spacial score (nSPS) is 18.3. The number of nitrogens with one attached hydrogen (secondary N) is 1. The molecule has 0 radical (unpaired) electrons. The minimum absolute atomic E-state index is 0.0727. The van der Waals surface area contributed by atoms with Crippen LogP contribution in [-0.2, 0) is 11.3 Å². The van der Waals surface area contributed by atoms with Crippen molar-refractivity contribution in [2.45, 2.75) is 26.3 Å². The van der Waals surface area contributed by atoms with Crippen LogP contribution in [0.15, 0.2) is 48.5 Å². The van der Waals surface area contributed by atoms with Crippen LogP contribution in [0.25, 0.3) is 0 Å². The van der Waals surface area contributed by atoms with Crippen molar-refractivity contribution in [2.24, 2.45) is 5.92 Å².